The number of hydrogen-bond donors (Lipinski definition) is 2. The summed E-state index contributed by atoms with van der Waals surface area (Å²) in [5, 5.41) is 13.3. The molecule has 0 atom stereocenters. The average molecular weight is 216 g/mol. The fourth-order valence-corrected chi connectivity index (χ4v) is 1.79. The lowest BCUT2D eigenvalue weighted by molar-refractivity contribution is -0.0317. The molecule has 0 radical (unpaired) electrons. The summed E-state index contributed by atoms with van der Waals surface area (Å²) in [5.74, 6) is 0.804. The van der Waals surface area contributed by atoms with Crippen molar-refractivity contribution < 1.29 is 9.52 Å². The lowest BCUT2D eigenvalue weighted by atomic mass is 9.80. The second-order valence-electron chi connectivity index (χ2n) is 3.89. The van der Waals surface area contributed by atoms with Crippen molar-refractivity contribution in [3.63, 3.8) is 0 Å². The van der Waals surface area contributed by atoms with Crippen LogP contribution in [0.1, 0.15) is 25.0 Å². The van der Waals surface area contributed by atoms with Crippen molar-refractivity contribution in [2.45, 2.75) is 31.4 Å². The lowest BCUT2D eigenvalue weighted by Gasteiger charge is -2.36. The molecule has 1 saturated carbocycles. The highest BCUT2D eigenvalue weighted by Crippen LogP contribution is 2.30. The van der Waals surface area contributed by atoms with Crippen LogP contribution in [0, 0.1) is 0 Å². The molecule has 0 saturated heterocycles. The Morgan fingerprint density at radius 2 is 2.29 bits per heavy atom. The summed E-state index contributed by atoms with van der Waals surface area (Å²) >= 11 is 5.62. The summed E-state index contributed by atoms with van der Waals surface area (Å²) in [5.41, 5.74) is -0.476. The molecule has 2 rings (SSSR count). The SMILES string of the molecule is OC1(CNCc2ccc(Cl)o2)CCC1. The molecule has 0 unspecified atom stereocenters. The molecule has 0 aromatic carbocycles. The highest BCUT2D eigenvalue weighted by molar-refractivity contribution is 6.28. The molecule has 1 aliphatic carbocycles. The first-order chi connectivity index (χ1) is 6.68. The Kier molecular flexibility index (Phi) is 2.81. The van der Waals surface area contributed by atoms with Gasteiger partial charge < -0.3 is 14.8 Å². The van der Waals surface area contributed by atoms with Gasteiger partial charge in [-0.3, -0.25) is 0 Å². The fourth-order valence-electron chi connectivity index (χ4n) is 1.63. The van der Waals surface area contributed by atoms with Crippen molar-refractivity contribution >= 4 is 11.6 Å². The minimum atomic E-state index is -0.476. The minimum Gasteiger partial charge on any atom is -0.448 e. The first kappa shape index (κ1) is 10.0. The number of rotatable bonds is 4. The molecule has 3 nitrogen and oxygen atoms in total. The molecule has 78 valence electrons. The standard InChI is InChI=1S/C10H14ClNO2/c11-9-3-2-8(14-9)6-12-7-10(13)4-1-5-10/h2-3,12-13H,1,4-7H2. The Bertz CT molecular complexity index is 307. The first-order valence-electron chi connectivity index (χ1n) is 4.85. The van der Waals surface area contributed by atoms with Crippen LogP contribution >= 0.6 is 11.6 Å². The molecule has 1 aromatic rings. The fraction of sp³-hybridized carbons (Fsp3) is 0.600. The van der Waals surface area contributed by atoms with Crippen LogP contribution in [0.4, 0.5) is 0 Å². The molecule has 1 aliphatic rings. The predicted molar refractivity (Wildman–Crippen MR) is 54.2 cm³/mol. The minimum absolute atomic E-state index is 0.407. The van der Waals surface area contributed by atoms with Crippen molar-refractivity contribution in [2.24, 2.45) is 0 Å². The van der Waals surface area contributed by atoms with Gasteiger partial charge in [-0.05, 0) is 43.0 Å². The van der Waals surface area contributed by atoms with Gasteiger partial charge in [0.15, 0.2) is 5.22 Å². The van der Waals surface area contributed by atoms with Crippen LogP contribution in [0.25, 0.3) is 0 Å². The van der Waals surface area contributed by atoms with Crippen LogP contribution in [0.2, 0.25) is 5.22 Å². The quantitative estimate of drug-likeness (QED) is 0.807. The van der Waals surface area contributed by atoms with Gasteiger partial charge in [0.25, 0.3) is 0 Å². The molecule has 0 aliphatic heterocycles. The van der Waals surface area contributed by atoms with Gasteiger partial charge in [-0.2, -0.15) is 0 Å². The zero-order valence-electron chi connectivity index (χ0n) is 7.92. The van der Waals surface area contributed by atoms with Crippen LogP contribution in [-0.4, -0.2) is 17.3 Å². The number of halogens is 1. The van der Waals surface area contributed by atoms with Gasteiger partial charge in [0.2, 0.25) is 0 Å². The van der Waals surface area contributed by atoms with E-state index in [0.29, 0.717) is 18.3 Å². The lowest BCUT2D eigenvalue weighted by Crippen LogP contribution is -2.45. The van der Waals surface area contributed by atoms with Crippen molar-refractivity contribution in [1.82, 2.24) is 5.32 Å². The summed E-state index contributed by atoms with van der Waals surface area (Å²) in [7, 11) is 0. The van der Waals surface area contributed by atoms with Crippen LogP contribution in [0.15, 0.2) is 16.5 Å². The van der Waals surface area contributed by atoms with Gasteiger partial charge in [-0.15, -0.1) is 0 Å². The third-order valence-electron chi connectivity index (χ3n) is 2.67. The van der Waals surface area contributed by atoms with Crippen LogP contribution in [-0.2, 0) is 6.54 Å². The maximum absolute atomic E-state index is 9.77. The monoisotopic (exact) mass is 215 g/mol. The zero-order valence-corrected chi connectivity index (χ0v) is 8.68. The maximum Gasteiger partial charge on any atom is 0.193 e. The second-order valence-corrected chi connectivity index (χ2v) is 4.26. The molecule has 4 heteroatoms. The van der Waals surface area contributed by atoms with Crippen molar-refractivity contribution in [2.75, 3.05) is 6.54 Å². The van der Waals surface area contributed by atoms with Crippen molar-refractivity contribution in [1.29, 1.82) is 0 Å². The summed E-state index contributed by atoms with van der Waals surface area (Å²) in [6, 6.07) is 3.55. The summed E-state index contributed by atoms with van der Waals surface area (Å²) in [6.45, 7) is 1.25. The predicted octanol–water partition coefficient (Wildman–Crippen LogP) is 1.94. The highest BCUT2D eigenvalue weighted by atomic mass is 35.5. The second kappa shape index (κ2) is 3.93. The van der Waals surface area contributed by atoms with E-state index in [9.17, 15) is 5.11 Å². The van der Waals surface area contributed by atoms with Crippen LogP contribution in [0.3, 0.4) is 0 Å². The Morgan fingerprint density at radius 1 is 1.50 bits per heavy atom. The van der Waals surface area contributed by atoms with Gasteiger partial charge in [-0.25, -0.2) is 0 Å². The summed E-state index contributed by atoms with van der Waals surface area (Å²) < 4.78 is 5.17. The topological polar surface area (TPSA) is 45.4 Å². The molecule has 1 heterocycles. The Labute approximate surface area is 88.1 Å². The van der Waals surface area contributed by atoms with E-state index in [-0.39, 0.29) is 0 Å². The smallest absolute Gasteiger partial charge is 0.193 e. The van der Waals surface area contributed by atoms with Crippen molar-refractivity contribution in [3.05, 3.63) is 23.1 Å². The number of hydrogen-bond acceptors (Lipinski definition) is 3. The van der Waals surface area contributed by atoms with E-state index in [2.05, 4.69) is 5.32 Å². The molecule has 1 aromatic heterocycles. The van der Waals surface area contributed by atoms with Crippen LogP contribution in [0.5, 0.6) is 0 Å². The number of aliphatic hydroxyl groups is 1. The summed E-state index contributed by atoms with van der Waals surface area (Å²) in [6.07, 6.45) is 2.93. The molecule has 0 amide bonds. The molecule has 2 N–H and O–H groups in total. The van der Waals surface area contributed by atoms with Gasteiger partial charge in [0.05, 0.1) is 12.1 Å². The molecule has 0 spiro atoms. The van der Waals surface area contributed by atoms with E-state index in [0.717, 1.165) is 25.0 Å². The maximum atomic E-state index is 9.77. The van der Waals surface area contributed by atoms with E-state index >= 15 is 0 Å². The van der Waals surface area contributed by atoms with E-state index in [4.69, 9.17) is 16.0 Å². The average Bonchev–Trinajstić information content (AvgIpc) is 2.49. The molecule has 0 bridgehead atoms. The van der Waals surface area contributed by atoms with E-state index in [1.807, 2.05) is 6.07 Å². The Morgan fingerprint density at radius 3 is 2.79 bits per heavy atom. The van der Waals surface area contributed by atoms with E-state index in [1.165, 1.54) is 0 Å². The highest BCUT2D eigenvalue weighted by Gasteiger charge is 2.33. The zero-order chi connectivity index (χ0) is 10.0. The molecular formula is C10H14ClNO2. The molecule has 14 heavy (non-hydrogen) atoms. The first-order valence-corrected chi connectivity index (χ1v) is 5.23. The number of nitrogens with one attached hydrogen (secondary N) is 1. The Hall–Kier alpha value is -0.510. The Balaban J connectivity index is 1.72. The third kappa shape index (κ3) is 2.29. The molecule has 1 fully saturated rings. The van der Waals surface area contributed by atoms with Gasteiger partial charge >= 0.3 is 0 Å². The third-order valence-corrected chi connectivity index (χ3v) is 2.87. The van der Waals surface area contributed by atoms with Gasteiger partial charge in [0.1, 0.15) is 5.76 Å². The molecular weight excluding hydrogens is 202 g/mol. The van der Waals surface area contributed by atoms with Crippen LogP contribution < -0.4 is 5.32 Å². The largest absolute Gasteiger partial charge is 0.448 e. The van der Waals surface area contributed by atoms with Gasteiger partial charge in [0, 0.05) is 6.54 Å². The van der Waals surface area contributed by atoms with Crippen molar-refractivity contribution in [3.8, 4) is 0 Å². The summed E-state index contributed by atoms with van der Waals surface area (Å²) in [4.78, 5) is 0. The van der Waals surface area contributed by atoms with E-state index < -0.39 is 5.60 Å². The number of furan rings is 1. The van der Waals surface area contributed by atoms with E-state index in [1.54, 1.807) is 6.07 Å². The van der Waals surface area contributed by atoms with Gasteiger partial charge in [-0.1, -0.05) is 0 Å². The normalized spacial score (nSPS) is 19.3.